The maximum absolute atomic E-state index is 11.9. The van der Waals surface area contributed by atoms with Crippen LogP contribution in [0, 0.1) is 0 Å². The van der Waals surface area contributed by atoms with Crippen LogP contribution >= 0.6 is 11.6 Å². The number of anilines is 1. The molecule has 4 nitrogen and oxygen atoms in total. The fraction of sp³-hybridized carbons (Fsp3) is 0.118. The Balaban J connectivity index is 1.51. The van der Waals surface area contributed by atoms with Crippen molar-refractivity contribution in [2.24, 2.45) is 0 Å². The van der Waals surface area contributed by atoms with Crippen molar-refractivity contribution >= 4 is 34.2 Å². The topological polar surface area (TPSA) is 56.9 Å². The molecule has 0 saturated heterocycles. The first-order chi connectivity index (χ1) is 10.7. The van der Waals surface area contributed by atoms with E-state index in [0.717, 1.165) is 28.6 Å². The summed E-state index contributed by atoms with van der Waals surface area (Å²) in [4.78, 5) is 15.0. The summed E-state index contributed by atoms with van der Waals surface area (Å²) in [6, 6.07) is 15.2. The Morgan fingerprint density at radius 2 is 2.05 bits per heavy atom. The number of fused-ring (bicyclic) bond motifs is 1. The van der Waals surface area contributed by atoms with Crippen molar-refractivity contribution in [3.05, 3.63) is 65.3 Å². The molecule has 5 heteroatoms. The lowest BCUT2D eigenvalue weighted by Gasteiger charge is -2.08. The average molecular weight is 314 g/mol. The number of carbonyl (C=O) groups excluding carboxylic acids is 1. The van der Waals surface area contributed by atoms with Gasteiger partial charge in [-0.05, 0) is 47.7 Å². The molecule has 1 heterocycles. The minimum Gasteiger partial charge on any atom is -0.361 e. The number of H-pyrrole nitrogens is 1. The Bertz CT molecular complexity index is 797. The van der Waals surface area contributed by atoms with Gasteiger partial charge >= 0.3 is 6.03 Å². The molecule has 0 aliphatic rings. The average Bonchev–Trinajstić information content (AvgIpc) is 2.95. The number of benzene rings is 2. The van der Waals surface area contributed by atoms with Crippen LogP contribution in [0.4, 0.5) is 10.5 Å². The van der Waals surface area contributed by atoms with Gasteiger partial charge in [-0.3, -0.25) is 0 Å². The number of aromatic amines is 1. The third kappa shape index (κ3) is 3.59. The molecule has 2 amide bonds. The van der Waals surface area contributed by atoms with Crippen LogP contribution in [0.5, 0.6) is 0 Å². The van der Waals surface area contributed by atoms with Crippen LogP contribution in [0.2, 0.25) is 5.02 Å². The number of amides is 2. The first-order valence-corrected chi connectivity index (χ1v) is 7.45. The molecule has 0 saturated carbocycles. The third-order valence-electron chi connectivity index (χ3n) is 3.40. The second kappa shape index (κ2) is 6.54. The van der Waals surface area contributed by atoms with Gasteiger partial charge in [0, 0.05) is 29.0 Å². The Hall–Kier alpha value is -2.46. The van der Waals surface area contributed by atoms with E-state index in [1.807, 2.05) is 54.7 Å². The highest BCUT2D eigenvalue weighted by molar-refractivity contribution is 6.30. The Morgan fingerprint density at radius 3 is 2.91 bits per heavy atom. The Morgan fingerprint density at radius 1 is 1.14 bits per heavy atom. The minimum absolute atomic E-state index is 0.215. The van der Waals surface area contributed by atoms with E-state index in [9.17, 15) is 4.79 Å². The Labute approximate surface area is 133 Å². The minimum atomic E-state index is -0.215. The zero-order chi connectivity index (χ0) is 15.4. The van der Waals surface area contributed by atoms with Gasteiger partial charge in [0.05, 0.1) is 0 Å². The zero-order valence-corrected chi connectivity index (χ0v) is 12.7. The van der Waals surface area contributed by atoms with Crippen molar-refractivity contribution in [3.63, 3.8) is 0 Å². The van der Waals surface area contributed by atoms with Gasteiger partial charge in [-0.25, -0.2) is 4.79 Å². The highest BCUT2D eigenvalue weighted by atomic mass is 35.5. The van der Waals surface area contributed by atoms with Crippen molar-refractivity contribution in [1.82, 2.24) is 10.3 Å². The van der Waals surface area contributed by atoms with E-state index in [1.165, 1.54) is 0 Å². The standard InChI is InChI=1S/C17H16ClN3O/c18-14-3-1-2-12(10-14)6-8-20-17(22)21-15-5-4-13-7-9-19-16(13)11-15/h1-5,7,9-11,19H,6,8H2,(H2,20,21,22). The van der Waals surface area contributed by atoms with Gasteiger partial charge in [0.15, 0.2) is 0 Å². The van der Waals surface area contributed by atoms with Gasteiger partial charge in [-0.1, -0.05) is 29.8 Å². The first kappa shape index (κ1) is 14.5. The van der Waals surface area contributed by atoms with Crippen molar-refractivity contribution in [1.29, 1.82) is 0 Å². The number of rotatable bonds is 4. The lowest BCUT2D eigenvalue weighted by molar-refractivity contribution is 0.252. The number of nitrogens with one attached hydrogen (secondary N) is 3. The third-order valence-corrected chi connectivity index (χ3v) is 3.64. The highest BCUT2D eigenvalue weighted by Gasteiger charge is 2.03. The molecule has 3 aromatic rings. The molecule has 2 aromatic carbocycles. The van der Waals surface area contributed by atoms with Crippen LogP contribution in [-0.4, -0.2) is 17.6 Å². The number of hydrogen-bond donors (Lipinski definition) is 3. The molecular formula is C17H16ClN3O. The van der Waals surface area contributed by atoms with Crippen molar-refractivity contribution in [2.75, 3.05) is 11.9 Å². The number of halogens is 1. The van der Waals surface area contributed by atoms with Crippen LogP contribution in [0.15, 0.2) is 54.7 Å². The second-order valence-corrected chi connectivity index (χ2v) is 5.48. The zero-order valence-electron chi connectivity index (χ0n) is 11.9. The normalized spacial score (nSPS) is 10.6. The van der Waals surface area contributed by atoms with Crippen molar-refractivity contribution in [3.8, 4) is 0 Å². The quantitative estimate of drug-likeness (QED) is 0.664. The van der Waals surface area contributed by atoms with Crippen molar-refractivity contribution < 1.29 is 4.79 Å². The smallest absolute Gasteiger partial charge is 0.319 e. The maximum Gasteiger partial charge on any atom is 0.319 e. The monoisotopic (exact) mass is 313 g/mol. The molecule has 22 heavy (non-hydrogen) atoms. The fourth-order valence-electron chi connectivity index (χ4n) is 2.31. The molecule has 3 N–H and O–H groups in total. The van der Waals surface area contributed by atoms with Gasteiger partial charge in [-0.2, -0.15) is 0 Å². The summed E-state index contributed by atoms with van der Waals surface area (Å²) in [5.41, 5.74) is 2.85. The van der Waals surface area contributed by atoms with Crippen LogP contribution in [0.25, 0.3) is 10.9 Å². The van der Waals surface area contributed by atoms with E-state index in [-0.39, 0.29) is 6.03 Å². The van der Waals surface area contributed by atoms with Gasteiger partial charge in [0.25, 0.3) is 0 Å². The van der Waals surface area contributed by atoms with Gasteiger partial charge in [-0.15, -0.1) is 0 Å². The van der Waals surface area contributed by atoms with Gasteiger partial charge in [0.1, 0.15) is 0 Å². The van der Waals surface area contributed by atoms with Crippen LogP contribution in [0.3, 0.4) is 0 Å². The summed E-state index contributed by atoms with van der Waals surface area (Å²) in [7, 11) is 0. The van der Waals surface area contributed by atoms with E-state index in [2.05, 4.69) is 15.6 Å². The molecule has 1 aromatic heterocycles. The molecule has 0 bridgehead atoms. The van der Waals surface area contributed by atoms with Crippen LogP contribution < -0.4 is 10.6 Å². The van der Waals surface area contributed by atoms with Gasteiger partial charge < -0.3 is 15.6 Å². The van der Waals surface area contributed by atoms with Crippen molar-refractivity contribution in [2.45, 2.75) is 6.42 Å². The van der Waals surface area contributed by atoms with Crippen LogP contribution in [0.1, 0.15) is 5.56 Å². The summed E-state index contributed by atoms with van der Waals surface area (Å²) in [6.45, 7) is 0.553. The molecule has 0 fully saturated rings. The maximum atomic E-state index is 11.9. The lowest BCUT2D eigenvalue weighted by atomic mass is 10.1. The highest BCUT2D eigenvalue weighted by Crippen LogP contribution is 2.17. The predicted octanol–water partition coefficient (Wildman–Crippen LogP) is 4.19. The van der Waals surface area contributed by atoms with E-state index in [0.29, 0.717) is 11.6 Å². The van der Waals surface area contributed by atoms with Crippen LogP contribution in [-0.2, 0) is 6.42 Å². The predicted molar refractivity (Wildman–Crippen MR) is 90.5 cm³/mol. The number of hydrogen-bond acceptors (Lipinski definition) is 1. The molecule has 0 spiro atoms. The van der Waals surface area contributed by atoms with Gasteiger partial charge in [0.2, 0.25) is 0 Å². The van der Waals surface area contributed by atoms with E-state index in [1.54, 1.807) is 0 Å². The largest absolute Gasteiger partial charge is 0.361 e. The molecule has 0 radical (unpaired) electrons. The summed E-state index contributed by atoms with van der Waals surface area (Å²) in [6.07, 6.45) is 2.61. The van der Waals surface area contributed by atoms with E-state index < -0.39 is 0 Å². The summed E-state index contributed by atoms with van der Waals surface area (Å²) in [5, 5.41) is 7.49. The lowest BCUT2D eigenvalue weighted by Crippen LogP contribution is -2.30. The SMILES string of the molecule is O=C(NCCc1cccc(Cl)c1)Nc1ccc2cc[nH]c2c1. The van der Waals surface area contributed by atoms with E-state index in [4.69, 9.17) is 11.6 Å². The molecular weight excluding hydrogens is 298 g/mol. The molecule has 0 aliphatic carbocycles. The number of urea groups is 1. The molecule has 3 rings (SSSR count). The fourth-order valence-corrected chi connectivity index (χ4v) is 2.53. The number of aromatic nitrogens is 1. The summed E-state index contributed by atoms with van der Waals surface area (Å²) in [5.74, 6) is 0. The Kier molecular flexibility index (Phi) is 4.30. The summed E-state index contributed by atoms with van der Waals surface area (Å²) < 4.78 is 0. The molecule has 0 aliphatic heterocycles. The molecule has 112 valence electrons. The second-order valence-electron chi connectivity index (χ2n) is 5.04. The molecule has 0 atom stereocenters. The van der Waals surface area contributed by atoms with E-state index >= 15 is 0 Å². The first-order valence-electron chi connectivity index (χ1n) is 7.07. The number of carbonyl (C=O) groups is 1. The molecule has 0 unspecified atom stereocenters. The summed E-state index contributed by atoms with van der Waals surface area (Å²) >= 11 is 5.93.